The lowest BCUT2D eigenvalue weighted by Crippen LogP contribution is -2.44. The molecule has 0 radical (unpaired) electrons. The first kappa shape index (κ1) is 17.4. The highest BCUT2D eigenvalue weighted by atomic mass is 16.4. The van der Waals surface area contributed by atoms with Crippen molar-refractivity contribution in [1.82, 2.24) is 15.5 Å². The molecule has 2 amide bonds. The fraction of sp³-hybridized carbons (Fsp3) is 0.786. The van der Waals surface area contributed by atoms with Crippen LogP contribution in [0.2, 0.25) is 0 Å². The molecule has 1 rings (SSSR count). The maximum absolute atomic E-state index is 11.8. The second kappa shape index (κ2) is 9.33. The summed E-state index contributed by atoms with van der Waals surface area (Å²) in [5, 5.41) is 14.1. The van der Waals surface area contributed by atoms with Crippen molar-refractivity contribution in [2.75, 3.05) is 32.7 Å². The predicted molar refractivity (Wildman–Crippen MR) is 77.7 cm³/mol. The molecule has 0 bridgehead atoms. The standard InChI is InChI=1S/C14H25N3O4/c1-11(18)15-6-7-16-13(19)10-17-8-2-3-12(9-17)4-5-14(20)21/h12H,2-10H2,1H3,(H,15,18)(H,16,19)(H,20,21). The molecule has 3 N–H and O–H groups in total. The molecular formula is C14H25N3O4. The molecule has 120 valence electrons. The number of likely N-dealkylation sites (tertiary alicyclic amines) is 1. The van der Waals surface area contributed by atoms with E-state index in [1.807, 2.05) is 0 Å². The fourth-order valence-electron chi connectivity index (χ4n) is 2.56. The SMILES string of the molecule is CC(=O)NCCNC(=O)CN1CCCC(CCC(=O)O)C1. The first-order chi connectivity index (χ1) is 9.97. The topological polar surface area (TPSA) is 98.7 Å². The molecule has 1 aliphatic heterocycles. The van der Waals surface area contributed by atoms with Crippen LogP contribution in [0.15, 0.2) is 0 Å². The van der Waals surface area contributed by atoms with Gasteiger partial charge in [0.25, 0.3) is 0 Å². The largest absolute Gasteiger partial charge is 0.481 e. The second-order valence-corrected chi connectivity index (χ2v) is 5.51. The van der Waals surface area contributed by atoms with Gasteiger partial charge in [-0.15, -0.1) is 0 Å². The first-order valence-electron chi connectivity index (χ1n) is 7.42. The van der Waals surface area contributed by atoms with E-state index in [4.69, 9.17) is 5.11 Å². The monoisotopic (exact) mass is 299 g/mol. The maximum atomic E-state index is 11.8. The normalized spacial score (nSPS) is 19.0. The lowest BCUT2D eigenvalue weighted by molar-refractivity contribution is -0.137. The molecule has 1 saturated heterocycles. The molecule has 0 saturated carbocycles. The highest BCUT2D eigenvalue weighted by molar-refractivity contribution is 5.78. The average molecular weight is 299 g/mol. The van der Waals surface area contributed by atoms with Crippen LogP contribution < -0.4 is 10.6 Å². The van der Waals surface area contributed by atoms with Crippen molar-refractivity contribution in [3.05, 3.63) is 0 Å². The molecule has 7 nitrogen and oxygen atoms in total. The molecule has 1 fully saturated rings. The third-order valence-corrected chi connectivity index (χ3v) is 3.56. The Bertz CT molecular complexity index is 373. The van der Waals surface area contributed by atoms with E-state index >= 15 is 0 Å². The molecular weight excluding hydrogens is 274 g/mol. The van der Waals surface area contributed by atoms with E-state index in [2.05, 4.69) is 15.5 Å². The van der Waals surface area contributed by atoms with Crippen LogP contribution in [0, 0.1) is 5.92 Å². The number of piperidine rings is 1. The molecule has 0 aliphatic carbocycles. The van der Waals surface area contributed by atoms with Crippen molar-refractivity contribution in [1.29, 1.82) is 0 Å². The molecule has 0 aromatic heterocycles. The molecule has 0 spiro atoms. The van der Waals surface area contributed by atoms with Crippen LogP contribution in [0.1, 0.15) is 32.6 Å². The van der Waals surface area contributed by atoms with Crippen molar-refractivity contribution < 1.29 is 19.5 Å². The lowest BCUT2D eigenvalue weighted by Gasteiger charge is -2.32. The van der Waals surface area contributed by atoms with E-state index in [1.165, 1.54) is 6.92 Å². The van der Waals surface area contributed by atoms with Crippen LogP contribution in [0.3, 0.4) is 0 Å². The number of aliphatic carboxylic acids is 1. The minimum absolute atomic E-state index is 0.0563. The first-order valence-corrected chi connectivity index (χ1v) is 7.42. The van der Waals surface area contributed by atoms with Crippen LogP contribution in [0.5, 0.6) is 0 Å². The molecule has 1 aliphatic rings. The Hall–Kier alpha value is -1.63. The summed E-state index contributed by atoms with van der Waals surface area (Å²) in [6, 6.07) is 0. The Morgan fingerprint density at radius 3 is 2.62 bits per heavy atom. The van der Waals surface area contributed by atoms with Crippen molar-refractivity contribution in [2.45, 2.75) is 32.6 Å². The van der Waals surface area contributed by atoms with Crippen LogP contribution in [-0.4, -0.2) is 60.5 Å². The summed E-state index contributed by atoms with van der Waals surface area (Å²) < 4.78 is 0. The molecule has 1 heterocycles. The van der Waals surface area contributed by atoms with Gasteiger partial charge in [-0.25, -0.2) is 0 Å². The molecule has 1 unspecified atom stereocenters. The highest BCUT2D eigenvalue weighted by Gasteiger charge is 2.21. The Labute approximate surface area is 125 Å². The van der Waals surface area contributed by atoms with Crippen molar-refractivity contribution in [3.8, 4) is 0 Å². The van der Waals surface area contributed by atoms with E-state index < -0.39 is 5.97 Å². The van der Waals surface area contributed by atoms with E-state index in [0.717, 1.165) is 25.9 Å². The Balaban J connectivity index is 2.19. The second-order valence-electron chi connectivity index (χ2n) is 5.51. The van der Waals surface area contributed by atoms with E-state index in [9.17, 15) is 14.4 Å². The van der Waals surface area contributed by atoms with Crippen molar-refractivity contribution in [2.24, 2.45) is 5.92 Å². The Kier molecular flexibility index (Phi) is 7.74. The fourth-order valence-corrected chi connectivity index (χ4v) is 2.56. The lowest BCUT2D eigenvalue weighted by atomic mass is 9.93. The van der Waals surface area contributed by atoms with Crippen LogP contribution in [0.4, 0.5) is 0 Å². The highest BCUT2D eigenvalue weighted by Crippen LogP contribution is 2.20. The van der Waals surface area contributed by atoms with Crippen molar-refractivity contribution in [3.63, 3.8) is 0 Å². The quantitative estimate of drug-likeness (QED) is 0.540. The summed E-state index contributed by atoms with van der Waals surface area (Å²) in [5.74, 6) is -0.564. The zero-order valence-corrected chi connectivity index (χ0v) is 12.6. The number of nitrogens with one attached hydrogen (secondary N) is 2. The smallest absolute Gasteiger partial charge is 0.303 e. The number of hydrogen-bond acceptors (Lipinski definition) is 4. The van der Waals surface area contributed by atoms with Crippen LogP contribution in [-0.2, 0) is 14.4 Å². The molecule has 21 heavy (non-hydrogen) atoms. The molecule has 7 heteroatoms. The third-order valence-electron chi connectivity index (χ3n) is 3.56. The number of nitrogens with zero attached hydrogens (tertiary/aromatic N) is 1. The van der Waals surface area contributed by atoms with E-state index in [-0.39, 0.29) is 18.2 Å². The number of carboxylic acids is 1. The van der Waals surface area contributed by atoms with E-state index in [0.29, 0.717) is 32.0 Å². The van der Waals surface area contributed by atoms with Crippen LogP contribution >= 0.6 is 0 Å². The van der Waals surface area contributed by atoms with Gasteiger partial charge in [0.1, 0.15) is 0 Å². The average Bonchev–Trinajstić information content (AvgIpc) is 2.41. The predicted octanol–water partition coefficient (Wildman–Crippen LogP) is -0.184. The zero-order chi connectivity index (χ0) is 15.7. The number of carbonyl (C=O) groups is 3. The van der Waals surface area contributed by atoms with Gasteiger partial charge < -0.3 is 15.7 Å². The van der Waals surface area contributed by atoms with Gasteiger partial charge >= 0.3 is 5.97 Å². The minimum Gasteiger partial charge on any atom is -0.481 e. The summed E-state index contributed by atoms with van der Waals surface area (Å²) in [5.41, 5.74) is 0. The Morgan fingerprint density at radius 2 is 1.95 bits per heavy atom. The van der Waals surface area contributed by atoms with Gasteiger partial charge in [0.15, 0.2) is 0 Å². The number of rotatable bonds is 8. The number of hydrogen-bond donors (Lipinski definition) is 3. The molecule has 0 aromatic rings. The van der Waals surface area contributed by atoms with Crippen LogP contribution in [0.25, 0.3) is 0 Å². The zero-order valence-electron chi connectivity index (χ0n) is 12.6. The summed E-state index contributed by atoms with van der Waals surface area (Å²) >= 11 is 0. The molecule has 1 atom stereocenters. The van der Waals surface area contributed by atoms with Gasteiger partial charge in [-0.05, 0) is 31.7 Å². The van der Waals surface area contributed by atoms with Gasteiger partial charge in [0, 0.05) is 33.0 Å². The third kappa shape index (κ3) is 8.29. The van der Waals surface area contributed by atoms with Gasteiger partial charge in [0.05, 0.1) is 6.54 Å². The summed E-state index contributed by atoms with van der Waals surface area (Å²) in [4.78, 5) is 35.1. The number of amides is 2. The maximum Gasteiger partial charge on any atom is 0.303 e. The minimum atomic E-state index is -0.761. The summed E-state index contributed by atoms with van der Waals surface area (Å²) in [6.07, 6.45) is 2.91. The summed E-state index contributed by atoms with van der Waals surface area (Å²) in [6.45, 7) is 4.29. The number of carboxylic acid groups (broad SMARTS) is 1. The van der Waals surface area contributed by atoms with Gasteiger partial charge in [0.2, 0.25) is 11.8 Å². The molecule has 0 aromatic carbocycles. The summed E-state index contributed by atoms with van der Waals surface area (Å²) in [7, 11) is 0. The van der Waals surface area contributed by atoms with E-state index in [1.54, 1.807) is 0 Å². The van der Waals surface area contributed by atoms with Gasteiger partial charge in [-0.2, -0.15) is 0 Å². The van der Waals surface area contributed by atoms with Gasteiger partial charge in [-0.3, -0.25) is 19.3 Å². The van der Waals surface area contributed by atoms with Gasteiger partial charge in [-0.1, -0.05) is 0 Å². The van der Waals surface area contributed by atoms with Crippen molar-refractivity contribution >= 4 is 17.8 Å². The number of carbonyl (C=O) groups excluding carboxylic acids is 2. The Morgan fingerprint density at radius 1 is 1.24 bits per heavy atom.